The molecule has 0 aliphatic carbocycles. The van der Waals surface area contributed by atoms with Crippen LogP contribution in [0.1, 0.15) is 53.9 Å². The predicted octanol–water partition coefficient (Wildman–Crippen LogP) is 2.72. The summed E-state index contributed by atoms with van der Waals surface area (Å²) in [7, 11) is 0. The first kappa shape index (κ1) is 15.2. The van der Waals surface area contributed by atoms with Gasteiger partial charge < -0.3 is 10.2 Å². The lowest BCUT2D eigenvalue weighted by Gasteiger charge is -2.22. The second kappa shape index (κ2) is 6.93. The molecular weight excluding hydrogens is 224 g/mol. The Labute approximate surface area is 112 Å². The first-order valence-electron chi connectivity index (χ1n) is 7.11. The molecule has 1 aliphatic rings. The highest BCUT2D eigenvalue weighted by Gasteiger charge is 2.33. The summed E-state index contributed by atoms with van der Waals surface area (Å²) in [4.78, 5) is 14.1. The van der Waals surface area contributed by atoms with Crippen LogP contribution in [-0.4, -0.2) is 35.5 Å². The Balaban J connectivity index is 2.35. The maximum Gasteiger partial charge on any atom is 0.240 e. The highest BCUT2D eigenvalue weighted by molar-refractivity contribution is 5.84. The van der Waals surface area contributed by atoms with Crippen LogP contribution in [0.3, 0.4) is 0 Å². The molecule has 0 radical (unpaired) electrons. The Kier molecular flexibility index (Phi) is 5.86. The number of likely N-dealkylation sites (tertiary alicyclic amines) is 1. The molecule has 1 N–H and O–H groups in total. The third-order valence-corrected chi connectivity index (χ3v) is 3.50. The Bertz CT molecular complexity index is 306. The Hall–Kier alpha value is -0.830. The maximum absolute atomic E-state index is 12.1. The van der Waals surface area contributed by atoms with Gasteiger partial charge >= 0.3 is 0 Å². The second-order valence-electron chi connectivity index (χ2n) is 5.89. The molecule has 104 valence electrons. The van der Waals surface area contributed by atoms with Gasteiger partial charge in [0.15, 0.2) is 0 Å². The van der Waals surface area contributed by atoms with E-state index in [2.05, 4.69) is 46.0 Å². The molecule has 0 unspecified atom stereocenters. The zero-order valence-corrected chi connectivity index (χ0v) is 12.5. The highest BCUT2D eigenvalue weighted by Crippen LogP contribution is 2.15. The van der Waals surface area contributed by atoms with Crippen LogP contribution < -0.4 is 5.32 Å². The number of amides is 1. The van der Waals surface area contributed by atoms with E-state index in [1.807, 2.05) is 4.90 Å². The third-order valence-electron chi connectivity index (χ3n) is 3.50. The molecule has 1 rings (SSSR count). The normalized spacial score (nSPS) is 21.6. The van der Waals surface area contributed by atoms with E-state index in [1.165, 1.54) is 5.57 Å². The van der Waals surface area contributed by atoms with Gasteiger partial charge in [0.05, 0.1) is 6.04 Å². The Morgan fingerprint density at radius 3 is 2.61 bits per heavy atom. The van der Waals surface area contributed by atoms with E-state index in [1.54, 1.807) is 0 Å². The van der Waals surface area contributed by atoms with Crippen molar-refractivity contribution in [2.45, 2.75) is 72.0 Å². The lowest BCUT2D eigenvalue weighted by atomic mass is 10.1. The van der Waals surface area contributed by atoms with Gasteiger partial charge in [0.25, 0.3) is 0 Å². The zero-order valence-electron chi connectivity index (χ0n) is 12.5. The summed E-state index contributed by atoms with van der Waals surface area (Å²) >= 11 is 0. The van der Waals surface area contributed by atoms with Crippen molar-refractivity contribution >= 4 is 5.91 Å². The molecule has 1 heterocycles. The summed E-state index contributed by atoms with van der Waals surface area (Å²) in [6.07, 6.45) is 5.39. The van der Waals surface area contributed by atoms with E-state index in [-0.39, 0.29) is 11.9 Å². The van der Waals surface area contributed by atoms with Crippen molar-refractivity contribution < 1.29 is 4.79 Å². The lowest BCUT2D eigenvalue weighted by molar-refractivity contribution is -0.130. The molecule has 1 fully saturated rings. The molecule has 1 aliphatic heterocycles. The monoisotopic (exact) mass is 252 g/mol. The molecular formula is C15H28N2O. The molecule has 3 heteroatoms. The fraction of sp³-hybridized carbons (Fsp3) is 0.800. The fourth-order valence-corrected chi connectivity index (χ4v) is 2.42. The van der Waals surface area contributed by atoms with Crippen molar-refractivity contribution in [1.82, 2.24) is 10.2 Å². The van der Waals surface area contributed by atoms with Gasteiger partial charge in [-0.15, -0.1) is 0 Å². The number of allylic oxidation sites excluding steroid dienone is 2. The standard InChI is InChI=1S/C15H28N2O/c1-11(2)7-6-8-13(5)16-14-9-10-17(12(3)4)15(14)18/h7,12-14,16H,6,8-10H2,1-5H3/t13-,14+/m1/s1. The van der Waals surface area contributed by atoms with Crippen molar-refractivity contribution in [3.8, 4) is 0 Å². The number of nitrogens with zero attached hydrogens (tertiary/aromatic N) is 1. The summed E-state index contributed by atoms with van der Waals surface area (Å²) in [5, 5.41) is 3.47. The first-order valence-corrected chi connectivity index (χ1v) is 7.11. The molecule has 18 heavy (non-hydrogen) atoms. The van der Waals surface area contributed by atoms with Crippen LogP contribution >= 0.6 is 0 Å². The molecule has 1 saturated heterocycles. The van der Waals surface area contributed by atoms with Gasteiger partial charge in [-0.3, -0.25) is 4.79 Å². The number of hydrogen-bond donors (Lipinski definition) is 1. The highest BCUT2D eigenvalue weighted by atomic mass is 16.2. The van der Waals surface area contributed by atoms with Gasteiger partial charge in [-0.25, -0.2) is 0 Å². The number of rotatable bonds is 6. The van der Waals surface area contributed by atoms with Crippen LogP contribution in [0.2, 0.25) is 0 Å². The van der Waals surface area contributed by atoms with Crippen LogP contribution in [0.4, 0.5) is 0 Å². The van der Waals surface area contributed by atoms with Crippen molar-refractivity contribution in [3.63, 3.8) is 0 Å². The van der Waals surface area contributed by atoms with Crippen molar-refractivity contribution in [2.24, 2.45) is 0 Å². The van der Waals surface area contributed by atoms with Gasteiger partial charge in [0.1, 0.15) is 0 Å². The Morgan fingerprint density at radius 2 is 2.11 bits per heavy atom. The second-order valence-corrected chi connectivity index (χ2v) is 5.89. The predicted molar refractivity (Wildman–Crippen MR) is 76.5 cm³/mol. The van der Waals surface area contributed by atoms with Crippen LogP contribution in [0.15, 0.2) is 11.6 Å². The lowest BCUT2D eigenvalue weighted by Crippen LogP contribution is -2.44. The first-order chi connectivity index (χ1) is 8.41. The summed E-state index contributed by atoms with van der Waals surface area (Å²) in [6, 6.07) is 0.765. The van der Waals surface area contributed by atoms with Crippen LogP contribution in [0.25, 0.3) is 0 Å². The third kappa shape index (κ3) is 4.45. The minimum absolute atomic E-state index is 0.0362. The van der Waals surface area contributed by atoms with Crippen LogP contribution in [0, 0.1) is 0 Å². The molecule has 2 atom stereocenters. The molecule has 0 aromatic rings. The minimum atomic E-state index is 0.0362. The van der Waals surface area contributed by atoms with E-state index >= 15 is 0 Å². The smallest absolute Gasteiger partial charge is 0.240 e. The average molecular weight is 252 g/mol. The van der Waals surface area contributed by atoms with E-state index in [0.717, 1.165) is 25.8 Å². The summed E-state index contributed by atoms with van der Waals surface area (Å²) in [5.74, 6) is 0.277. The van der Waals surface area contributed by atoms with Crippen molar-refractivity contribution in [1.29, 1.82) is 0 Å². The largest absolute Gasteiger partial charge is 0.339 e. The molecule has 1 amide bonds. The summed E-state index contributed by atoms with van der Waals surface area (Å²) in [5.41, 5.74) is 1.37. The maximum atomic E-state index is 12.1. The van der Waals surface area contributed by atoms with E-state index < -0.39 is 0 Å². The van der Waals surface area contributed by atoms with E-state index in [0.29, 0.717) is 12.1 Å². The SMILES string of the molecule is CC(C)=CCC[C@@H](C)N[C@H]1CCN(C(C)C)C1=O. The van der Waals surface area contributed by atoms with Crippen molar-refractivity contribution in [3.05, 3.63) is 11.6 Å². The quantitative estimate of drug-likeness (QED) is 0.737. The molecule has 0 aromatic heterocycles. The van der Waals surface area contributed by atoms with Crippen LogP contribution in [0.5, 0.6) is 0 Å². The molecule has 0 bridgehead atoms. The van der Waals surface area contributed by atoms with Crippen LogP contribution in [-0.2, 0) is 4.79 Å². The number of hydrogen-bond acceptors (Lipinski definition) is 2. The van der Waals surface area contributed by atoms with E-state index in [4.69, 9.17) is 0 Å². The average Bonchev–Trinajstić information content (AvgIpc) is 2.60. The van der Waals surface area contributed by atoms with Gasteiger partial charge in [0.2, 0.25) is 5.91 Å². The number of carbonyl (C=O) groups is 1. The van der Waals surface area contributed by atoms with Gasteiger partial charge in [-0.2, -0.15) is 0 Å². The molecule has 3 nitrogen and oxygen atoms in total. The number of nitrogens with one attached hydrogen (secondary N) is 1. The molecule has 0 spiro atoms. The van der Waals surface area contributed by atoms with Gasteiger partial charge in [-0.05, 0) is 53.9 Å². The Morgan fingerprint density at radius 1 is 1.44 bits per heavy atom. The summed E-state index contributed by atoms with van der Waals surface area (Å²) < 4.78 is 0. The van der Waals surface area contributed by atoms with Gasteiger partial charge in [0, 0.05) is 18.6 Å². The van der Waals surface area contributed by atoms with E-state index in [9.17, 15) is 4.79 Å². The number of carbonyl (C=O) groups excluding carboxylic acids is 1. The van der Waals surface area contributed by atoms with Gasteiger partial charge in [-0.1, -0.05) is 11.6 Å². The summed E-state index contributed by atoms with van der Waals surface area (Å²) in [6.45, 7) is 11.5. The topological polar surface area (TPSA) is 32.3 Å². The minimum Gasteiger partial charge on any atom is -0.339 e. The zero-order chi connectivity index (χ0) is 13.7. The van der Waals surface area contributed by atoms with Crippen molar-refractivity contribution in [2.75, 3.05) is 6.54 Å². The molecule has 0 saturated carbocycles. The fourth-order valence-electron chi connectivity index (χ4n) is 2.42. The molecule has 0 aromatic carbocycles.